The Morgan fingerprint density at radius 3 is 2.76 bits per heavy atom. The average molecular weight is 615 g/mol. The number of hydrogen-bond acceptors (Lipinski definition) is 9. The number of hydrogen-bond donors (Lipinski definition) is 2. The monoisotopic (exact) mass is 614 g/mol. The highest BCUT2D eigenvalue weighted by Gasteiger charge is 2.39. The highest BCUT2D eigenvalue weighted by molar-refractivity contribution is 7.11. The summed E-state index contributed by atoms with van der Waals surface area (Å²) in [7, 11) is 0. The van der Waals surface area contributed by atoms with Crippen molar-refractivity contribution in [2.75, 3.05) is 39.7 Å². The summed E-state index contributed by atoms with van der Waals surface area (Å²) in [6.45, 7) is 0.123. The van der Waals surface area contributed by atoms with E-state index in [4.69, 9.17) is 21.1 Å². The Morgan fingerprint density at radius 2 is 2.10 bits per heavy atom. The van der Waals surface area contributed by atoms with E-state index in [0.717, 1.165) is 0 Å². The van der Waals surface area contributed by atoms with Crippen molar-refractivity contribution in [2.45, 2.75) is 37.9 Å². The Hall–Kier alpha value is -3.00. The minimum absolute atomic E-state index is 0.0425. The van der Waals surface area contributed by atoms with Gasteiger partial charge in [-0.3, -0.25) is 19.1 Å². The number of carboxylic acids is 1. The molecule has 4 atom stereocenters. The number of rotatable bonds is 12. The van der Waals surface area contributed by atoms with E-state index in [9.17, 15) is 27.9 Å². The second-order valence-electron chi connectivity index (χ2n) is 9.62. The summed E-state index contributed by atoms with van der Waals surface area (Å²) in [5.74, 6) is -3.08. The van der Waals surface area contributed by atoms with Crippen molar-refractivity contribution >= 4 is 40.7 Å². The molecule has 2 aliphatic rings. The van der Waals surface area contributed by atoms with Crippen LogP contribution < -0.4 is 5.32 Å². The molecule has 2 aliphatic heterocycles. The highest BCUT2D eigenvalue weighted by atomic mass is 35.5. The summed E-state index contributed by atoms with van der Waals surface area (Å²) in [4.78, 5) is 35.5. The number of thiazole rings is 1. The van der Waals surface area contributed by atoms with Crippen LogP contribution in [-0.4, -0.2) is 84.6 Å². The van der Waals surface area contributed by atoms with Crippen molar-refractivity contribution in [3.05, 3.63) is 62.5 Å². The average Bonchev–Trinajstić information content (AvgIpc) is 3.49. The molecule has 0 spiro atoms. The lowest BCUT2D eigenvalue weighted by atomic mass is 9.93. The van der Waals surface area contributed by atoms with E-state index in [2.05, 4.69) is 15.3 Å². The van der Waals surface area contributed by atoms with E-state index >= 15 is 0 Å². The third-order valence-corrected chi connectivity index (χ3v) is 8.08. The maximum absolute atomic E-state index is 14.6. The van der Waals surface area contributed by atoms with Crippen LogP contribution in [0.1, 0.15) is 36.4 Å². The lowest BCUT2D eigenvalue weighted by molar-refractivity contribution is -0.140. The van der Waals surface area contributed by atoms with E-state index in [0.29, 0.717) is 16.5 Å². The van der Waals surface area contributed by atoms with Crippen molar-refractivity contribution in [1.82, 2.24) is 15.2 Å². The van der Waals surface area contributed by atoms with Crippen molar-refractivity contribution in [2.24, 2.45) is 10.9 Å². The minimum atomic E-state index is -1.14. The van der Waals surface area contributed by atoms with Gasteiger partial charge in [0.05, 0.1) is 49.6 Å². The van der Waals surface area contributed by atoms with Crippen LogP contribution in [0.15, 0.2) is 46.0 Å². The van der Waals surface area contributed by atoms with Gasteiger partial charge in [0.15, 0.2) is 10.8 Å². The summed E-state index contributed by atoms with van der Waals surface area (Å²) in [5, 5.41) is 14.4. The molecule has 1 fully saturated rings. The van der Waals surface area contributed by atoms with Crippen LogP contribution >= 0.6 is 22.9 Å². The standard InChI is InChI=1S/C27H30ClF3N4O5S/c1-2-40-27(38)22-20(12-35-16(13-39-14-17(35)11-30)8-15(10-29)9-21(36)37)33-25(26-32-6-7-41-26)34-24(22)18-4-3-5-19(31)23(18)28/h3-7,15-17,24H,2,8-14H2,1H3,(H,33,34)(H,36,37)/t15-,16?,17?,24-/m0/s1. The first-order valence-corrected chi connectivity index (χ1v) is 14.3. The molecular formula is C27H30ClF3N4O5S. The number of nitrogens with zero attached hydrogens (tertiary/aromatic N) is 3. The fourth-order valence-corrected chi connectivity index (χ4v) is 5.83. The molecule has 0 amide bonds. The van der Waals surface area contributed by atoms with E-state index in [1.807, 2.05) is 0 Å². The molecule has 0 aliphatic carbocycles. The molecule has 0 radical (unpaired) electrons. The molecule has 41 heavy (non-hydrogen) atoms. The normalized spacial score (nSPS) is 22.2. The second kappa shape index (κ2) is 14.3. The third-order valence-electron chi connectivity index (χ3n) is 6.90. The SMILES string of the molecule is CCOC(=O)C1=C(CN2C(CF)COCC2C[C@H](CF)CC(=O)O)NC(c2nccs2)=N[C@H]1c1cccc(F)c1Cl. The Kier molecular flexibility index (Phi) is 10.8. The van der Waals surface area contributed by atoms with Crippen LogP contribution in [0, 0.1) is 11.7 Å². The lowest BCUT2D eigenvalue weighted by Crippen LogP contribution is -2.56. The predicted molar refractivity (Wildman–Crippen MR) is 147 cm³/mol. The van der Waals surface area contributed by atoms with Crippen molar-refractivity contribution in [1.29, 1.82) is 0 Å². The molecule has 1 aromatic carbocycles. The Balaban J connectivity index is 1.81. The number of aliphatic carboxylic acids is 1. The van der Waals surface area contributed by atoms with Crippen LogP contribution in [0.25, 0.3) is 0 Å². The number of esters is 1. The number of aromatic nitrogens is 1. The van der Waals surface area contributed by atoms with Gasteiger partial charge in [0.25, 0.3) is 0 Å². The summed E-state index contributed by atoms with van der Waals surface area (Å²) < 4.78 is 53.6. The number of benzene rings is 1. The Morgan fingerprint density at radius 1 is 1.32 bits per heavy atom. The number of carbonyl (C=O) groups is 2. The molecule has 2 unspecified atom stereocenters. The largest absolute Gasteiger partial charge is 0.481 e. The molecule has 0 bridgehead atoms. The van der Waals surface area contributed by atoms with Gasteiger partial charge in [0, 0.05) is 35.4 Å². The molecule has 1 aromatic heterocycles. The zero-order chi connectivity index (χ0) is 29.5. The molecule has 1 saturated heterocycles. The fourth-order valence-electron chi connectivity index (χ4n) is 5.02. The van der Waals surface area contributed by atoms with Crippen molar-refractivity contribution in [3.8, 4) is 0 Å². The Bertz CT molecular complexity index is 1300. The maximum Gasteiger partial charge on any atom is 0.338 e. The minimum Gasteiger partial charge on any atom is -0.481 e. The van der Waals surface area contributed by atoms with E-state index in [1.54, 1.807) is 29.5 Å². The van der Waals surface area contributed by atoms with Gasteiger partial charge in [0.2, 0.25) is 0 Å². The molecule has 14 heteroatoms. The number of aliphatic imine (C=N–C) groups is 1. The van der Waals surface area contributed by atoms with Crippen LogP contribution in [0.3, 0.4) is 0 Å². The quantitative estimate of drug-likeness (QED) is 0.340. The summed E-state index contributed by atoms with van der Waals surface area (Å²) >= 11 is 7.64. The summed E-state index contributed by atoms with van der Waals surface area (Å²) in [6.07, 6.45) is 1.28. The number of halogens is 4. The second-order valence-corrected chi connectivity index (χ2v) is 10.9. The molecular weight excluding hydrogens is 585 g/mol. The molecule has 0 saturated carbocycles. The number of ether oxygens (including phenoxy) is 2. The first-order valence-electron chi connectivity index (χ1n) is 13.0. The lowest BCUT2D eigenvalue weighted by Gasteiger charge is -2.43. The summed E-state index contributed by atoms with van der Waals surface area (Å²) in [6, 6.07) is 1.81. The summed E-state index contributed by atoms with van der Waals surface area (Å²) in [5.41, 5.74) is 0.576. The topological polar surface area (TPSA) is 113 Å². The number of nitrogens with one attached hydrogen (secondary N) is 1. The Labute approximate surface area is 244 Å². The zero-order valence-corrected chi connectivity index (χ0v) is 23.8. The van der Waals surface area contributed by atoms with Crippen LogP contribution in [0.2, 0.25) is 5.02 Å². The van der Waals surface area contributed by atoms with Gasteiger partial charge in [-0.2, -0.15) is 0 Å². The molecule has 3 heterocycles. The number of morpholine rings is 1. The van der Waals surface area contributed by atoms with Gasteiger partial charge < -0.3 is 19.9 Å². The van der Waals surface area contributed by atoms with Crippen LogP contribution in [0.5, 0.6) is 0 Å². The molecule has 2 N–H and O–H groups in total. The number of alkyl halides is 2. The number of amidine groups is 1. The van der Waals surface area contributed by atoms with Crippen molar-refractivity contribution in [3.63, 3.8) is 0 Å². The molecule has 9 nitrogen and oxygen atoms in total. The van der Waals surface area contributed by atoms with Gasteiger partial charge in [-0.05, 0) is 25.3 Å². The zero-order valence-electron chi connectivity index (χ0n) is 22.2. The smallest absolute Gasteiger partial charge is 0.338 e. The van der Waals surface area contributed by atoms with Gasteiger partial charge in [-0.1, -0.05) is 23.7 Å². The highest BCUT2D eigenvalue weighted by Crippen LogP contribution is 2.38. The molecule has 222 valence electrons. The first kappa shape index (κ1) is 30.9. The van der Waals surface area contributed by atoms with Gasteiger partial charge in [-0.15, -0.1) is 11.3 Å². The molecule has 4 rings (SSSR count). The van der Waals surface area contributed by atoms with Crippen LogP contribution in [0.4, 0.5) is 13.2 Å². The van der Waals surface area contributed by atoms with Gasteiger partial charge in [-0.25, -0.2) is 18.6 Å². The van der Waals surface area contributed by atoms with Gasteiger partial charge in [0.1, 0.15) is 18.5 Å². The number of carbonyl (C=O) groups excluding carboxylic acids is 1. The van der Waals surface area contributed by atoms with E-state index < -0.39 is 61.6 Å². The molecule has 2 aromatic rings. The van der Waals surface area contributed by atoms with Crippen LogP contribution in [-0.2, 0) is 19.1 Å². The van der Waals surface area contributed by atoms with E-state index in [1.165, 1.54) is 23.5 Å². The number of carboxylic acid groups (broad SMARTS) is 1. The third kappa shape index (κ3) is 7.26. The predicted octanol–water partition coefficient (Wildman–Crippen LogP) is 4.33. The maximum atomic E-state index is 14.6. The first-order chi connectivity index (χ1) is 19.8. The fraction of sp³-hybridized carbons (Fsp3) is 0.481. The van der Waals surface area contributed by atoms with Gasteiger partial charge >= 0.3 is 11.9 Å². The van der Waals surface area contributed by atoms with E-state index in [-0.39, 0.29) is 48.9 Å². The van der Waals surface area contributed by atoms with Crippen molar-refractivity contribution < 1.29 is 37.3 Å².